The molecule has 5 aromatic rings. The Labute approximate surface area is 182 Å². The topological polar surface area (TPSA) is 66.0 Å². The Morgan fingerprint density at radius 2 is 1.90 bits per heavy atom. The molecule has 5 rings (SSSR count). The number of halogens is 1. The van der Waals surface area contributed by atoms with Gasteiger partial charge in [-0.1, -0.05) is 11.6 Å². The summed E-state index contributed by atoms with van der Waals surface area (Å²) in [6.07, 6.45) is 3.76. The molecule has 31 heavy (non-hydrogen) atoms. The second-order valence-corrected chi connectivity index (χ2v) is 7.58. The number of ether oxygens (including phenoxy) is 1. The Balaban J connectivity index is 1.81. The van der Waals surface area contributed by atoms with Gasteiger partial charge in [0.1, 0.15) is 0 Å². The van der Waals surface area contributed by atoms with Crippen molar-refractivity contribution < 1.29 is 9.14 Å². The molecule has 0 saturated heterocycles. The third-order valence-electron chi connectivity index (χ3n) is 5.02. The highest BCUT2D eigenvalue weighted by Gasteiger charge is 2.17. The predicted octanol–water partition coefficient (Wildman–Crippen LogP) is 3.58. The van der Waals surface area contributed by atoms with Gasteiger partial charge in [-0.25, -0.2) is 4.40 Å². The standard InChI is InChI=1S/C23H19ClN5O2/c1-3-31-21-11-5-15-12-19(16-4-10-20-26-27(2)14-28(20)13-16)23(30)29(22(15)25-21)18-8-6-17(24)7-9-18/h4-14H,3H2,1-2H3/q+1. The summed E-state index contributed by atoms with van der Waals surface area (Å²) in [4.78, 5) is 18.3. The van der Waals surface area contributed by atoms with E-state index < -0.39 is 0 Å². The molecular weight excluding hydrogens is 414 g/mol. The highest BCUT2D eigenvalue weighted by Crippen LogP contribution is 2.24. The molecule has 8 heteroatoms. The van der Waals surface area contributed by atoms with Gasteiger partial charge in [0.05, 0.1) is 31.1 Å². The van der Waals surface area contributed by atoms with Crippen LogP contribution in [0.15, 0.2) is 71.9 Å². The van der Waals surface area contributed by atoms with Crippen molar-refractivity contribution in [2.45, 2.75) is 6.92 Å². The summed E-state index contributed by atoms with van der Waals surface area (Å²) < 4.78 is 10.8. The molecular formula is C23H19ClN5O2+. The Hall–Kier alpha value is -3.71. The first-order valence-corrected chi connectivity index (χ1v) is 10.2. The number of hydrogen-bond donors (Lipinski definition) is 0. The molecule has 0 spiro atoms. The molecule has 0 atom stereocenters. The molecule has 0 aliphatic rings. The Kier molecular flexibility index (Phi) is 4.67. The summed E-state index contributed by atoms with van der Waals surface area (Å²) >= 11 is 6.07. The quantitative estimate of drug-likeness (QED) is 0.407. The van der Waals surface area contributed by atoms with Crippen LogP contribution in [-0.2, 0) is 7.05 Å². The normalized spacial score (nSPS) is 11.3. The van der Waals surface area contributed by atoms with E-state index in [1.165, 1.54) is 0 Å². The van der Waals surface area contributed by atoms with Gasteiger partial charge in [0.2, 0.25) is 12.2 Å². The van der Waals surface area contributed by atoms with Crippen LogP contribution in [0.4, 0.5) is 0 Å². The second kappa shape index (κ2) is 7.52. The minimum atomic E-state index is -0.181. The van der Waals surface area contributed by atoms with Gasteiger partial charge in [-0.05, 0) is 49.4 Å². The van der Waals surface area contributed by atoms with E-state index in [9.17, 15) is 4.79 Å². The summed E-state index contributed by atoms with van der Waals surface area (Å²) in [5.41, 5.74) is 3.17. The van der Waals surface area contributed by atoms with E-state index in [1.54, 1.807) is 33.5 Å². The molecule has 7 nitrogen and oxygen atoms in total. The fourth-order valence-electron chi connectivity index (χ4n) is 3.65. The van der Waals surface area contributed by atoms with E-state index in [2.05, 4.69) is 10.1 Å². The molecule has 0 unspecified atom stereocenters. The first kappa shape index (κ1) is 19.3. The predicted molar refractivity (Wildman–Crippen MR) is 119 cm³/mol. The van der Waals surface area contributed by atoms with Crippen LogP contribution in [0.5, 0.6) is 5.88 Å². The van der Waals surface area contributed by atoms with Crippen LogP contribution >= 0.6 is 11.6 Å². The van der Waals surface area contributed by atoms with E-state index in [0.717, 1.165) is 16.6 Å². The average molecular weight is 433 g/mol. The van der Waals surface area contributed by atoms with Crippen LogP contribution in [0.25, 0.3) is 33.5 Å². The molecule has 1 aromatic carbocycles. The van der Waals surface area contributed by atoms with Gasteiger partial charge in [-0.15, -0.1) is 4.68 Å². The molecule has 0 fully saturated rings. The lowest BCUT2D eigenvalue weighted by molar-refractivity contribution is -0.512. The smallest absolute Gasteiger partial charge is 0.305 e. The fourth-order valence-corrected chi connectivity index (χ4v) is 3.77. The van der Waals surface area contributed by atoms with Crippen LogP contribution in [0.1, 0.15) is 6.92 Å². The molecule has 0 amide bonds. The summed E-state index contributed by atoms with van der Waals surface area (Å²) in [6.45, 7) is 2.39. The minimum absolute atomic E-state index is 0.181. The molecule has 154 valence electrons. The van der Waals surface area contributed by atoms with Crippen LogP contribution in [0.3, 0.4) is 0 Å². The Bertz CT molecular complexity index is 1490. The van der Waals surface area contributed by atoms with Crippen molar-refractivity contribution in [3.8, 4) is 22.7 Å². The monoisotopic (exact) mass is 432 g/mol. The molecule has 0 radical (unpaired) electrons. The van der Waals surface area contributed by atoms with Crippen LogP contribution in [0, 0.1) is 0 Å². The summed E-state index contributed by atoms with van der Waals surface area (Å²) in [7, 11) is 1.86. The van der Waals surface area contributed by atoms with Crippen LogP contribution < -0.4 is 14.7 Å². The van der Waals surface area contributed by atoms with Crippen molar-refractivity contribution in [1.82, 2.24) is 19.3 Å². The first-order valence-electron chi connectivity index (χ1n) is 9.84. The van der Waals surface area contributed by atoms with Gasteiger partial charge in [-0.2, -0.15) is 4.98 Å². The Morgan fingerprint density at radius 1 is 1.10 bits per heavy atom. The lowest BCUT2D eigenvalue weighted by atomic mass is 10.1. The minimum Gasteiger partial charge on any atom is -0.478 e. The van der Waals surface area contributed by atoms with E-state index in [4.69, 9.17) is 16.3 Å². The van der Waals surface area contributed by atoms with E-state index in [0.29, 0.717) is 34.4 Å². The number of hydrogen-bond acceptors (Lipinski definition) is 4. The van der Waals surface area contributed by atoms with Crippen molar-refractivity contribution >= 4 is 28.3 Å². The zero-order chi connectivity index (χ0) is 21.5. The summed E-state index contributed by atoms with van der Waals surface area (Å²) in [6, 6.07) is 16.5. The van der Waals surface area contributed by atoms with Crippen molar-refractivity contribution in [2.24, 2.45) is 7.05 Å². The average Bonchev–Trinajstić information content (AvgIpc) is 3.14. The fraction of sp³-hybridized carbons (Fsp3) is 0.130. The first-order chi connectivity index (χ1) is 15.0. The molecule has 0 bridgehead atoms. The van der Waals surface area contributed by atoms with Gasteiger partial charge in [-0.3, -0.25) is 9.36 Å². The van der Waals surface area contributed by atoms with Gasteiger partial charge >= 0.3 is 5.65 Å². The lowest BCUT2D eigenvalue weighted by Gasteiger charge is -2.13. The van der Waals surface area contributed by atoms with Crippen molar-refractivity contribution in [3.63, 3.8) is 0 Å². The summed E-state index contributed by atoms with van der Waals surface area (Å²) in [5.74, 6) is 0.470. The van der Waals surface area contributed by atoms with Gasteiger partial charge < -0.3 is 4.74 Å². The van der Waals surface area contributed by atoms with Gasteiger partial charge in [0.25, 0.3) is 5.56 Å². The van der Waals surface area contributed by atoms with Gasteiger partial charge in [0, 0.05) is 33.2 Å². The number of aryl methyl sites for hydroxylation is 1. The maximum Gasteiger partial charge on any atom is 0.305 e. The number of aromatic nitrogens is 5. The van der Waals surface area contributed by atoms with E-state index in [1.807, 2.05) is 61.2 Å². The van der Waals surface area contributed by atoms with Gasteiger partial charge in [0.15, 0.2) is 5.65 Å². The van der Waals surface area contributed by atoms with E-state index >= 15 is 0 Å². The van der Waals surface area contributed by atoms with Crippen molar-refractivity contribution in [1.29, 1.82) is 0 Å². The molecule has 0 aliphatic carbocycles. The zero-order valence-corrected chi connectivity index (χ0v) is 17.7. The maximum absolute atomic E-state index is 13.7. The highest BCUT2D eigenvalue weighted by atomic mass is 35.5. The third kappa shape index (κ3) is 3.43. The third-order valence-corrected chi connectivity index (χ3v) is 5.27. The lowest BCUT2D eigenvalue weighted by Crippen LogP contribution is -2.23. The maximum atomic E-state index is 13.7. The highest BCUT2D eigenvalue weighted by molar-refractivity contribution is 6.30. The number of nitrogens with zero attached hydrogens (tertiary/aromatic N) is 5. The number of pyridine rings is 3. The molecule has 4 heterocycles. The number of rotatable bonds is 4. The van der Waals surface area contributed by atoms with Crippen molar-refractivity contribution in [3.05, 3.63) is 82.5 Å². The molecule has 0 saturated carbocycles. The second-order valence-electron chi connectivity index (χ2n) is 7.14. The molecule has 0 aliphatic heterocycles. The largest absolute Gasteiger partial charge is 0.478 e. The summed E-state index contributed by atoms with van der Waals surface area (Å²) in [5, 5.41) is 5.80. The van der Waals surface area contributed by atoms with E-state index in [-0.39, 0.29) is 5.56 Å². The van der Waals surface area contributed by atoms with Crippen LogP contribution in [-0.4, -0.2) is 25.9 Å². The van der Waals surface area contributed by atoms with Crippen LogP contribution in [0.2, 0.25) is 5.02 Å². The molecule has 4 aromatic heterocycles. The molecule has 0 N–H and O–H groups in total. The zero-order valence-electron chi connectivity index (χ0n) is 17.0. The number of fused-ring (bicyclic) bond motifs is 2. The number of benzene rings is 1. The SMILES string of the molecule is CCOc1ccc2cc(-c3ccc4nn(C)c[n+]4c3)c(=O)n(-c3ccc(Cl)cc3)c2n1. The van der Waals surface area contributed by atoms with Crippen molar-refractivity contribution in [2.75, 3.05) is 6.61 Å². The Morgan fingerprint density at radius 3 is 2.68 bits per heavy atom.